The van der Waals surface area contributed by atoms with Crippen LogP contribution in [-0.4, -0.2) is 62.2 Å². The molecule has 1 fully saturated rings. The molecule has 1 atom stereocenters. The highest BCUT2D eigenvalue weighted by molar-refractivity contribution is 7.90. The minimum Gasteiger partial charge on any atom is -0.352 e. The van der Waals surface area contributed by atoms with Gasteiger partial charge in [0, 0.05) is 26.7 Å². The minimum atomic E-state index is -3.94. The molecule has 0 unspecified atom stereocenters. The second-order valence-electron chi connectivity index (χ2n) is 8.81. The fraction of sp³-hybridized carbons (Fsp3) is 0.440. The maximum atomic E-state index is 13.6. The van der Waals surface area contributed by atoms with Gasteiger partial charge in [0.2, 0.25) is 11.8 Å². The summed E-state index contributed by atoms with van der Waals surface area (Å²) in [5.74, 6) is -0.676. The van der Waals surface area contributed by atoms with Gasteiger partial charge in [-0.3, -0.25) is 9.59 Å². The van der Waals surface area contributed by atoms with Crippen molar-refractivity contribution in [1.29, 1.82) is 0 Å². The predicted molar refractivity (Wildman–Crippen MR) is 133 cm³/mol. The molecule has 1 N–H and O–H groups in total. The number of anilines is 1. The topological polar surface area (TPSA) is 90.0 Å². The molecule has 2 aromatic carbocycles. The molecule has 184 valence electrons. The van der Waals surface area contributed by atoms with Crippen LogP contribution in [0, 0.1) is 0 Å². The molecule has 3 rings (SSSR count). The van der Waals surface area contributed by atoms with Gasteiger partial charge in [-0.25, -0.2) is 4.31 Å². The van der Waals surface area contributed by atoms with Crippen LogP contribution in [0.2, 0.25) is 0 Å². The van der Waals surface area contributed by atoms with Gasteiger partial charge in [-0.15, -0.1) is 0 Å². The van der Waals surface area contributed by atoms with Crippen LogP contribution in [0.25, 0.3) is 0 Å². The highest BCUT2D eigenvalue weighted by atomic mass is 32.2. The second kappa shape index (κ2) is 11.5. The molecule has 0 aromatic heterocycles. The first-order chi connectivity index (χ1) is 16.2. The Balaban J connectivity index is 1.88. The number of rotatable bonds is 10. The number of hydrogen-bond donors (Lipinski definition) is 1. The zero-order chi connectivity index (χ0) is 24.7. The quantitative estimate of drug-likeness (QED) is 0.559. The van der Waals surface area contributed by atoms with Gasteiger partial charge in [-0.2, -0.15) is 12.7 Å². The third-order valence-electron chi connectivity index (χ3n) is 6.13. The molecule has 8 nitrogen and oxygen atoms in total. The number of carbonyl (C=O) groups is 2. The SMILES string of the molecule is C[C@H](C(=O)NC1CCCC1)N(Cc1ccccc1)C(=O)CN(c1ccccc1)S(=O)(=O)N(C)C. The lowest BCUT2D eigenvalue weighted by Gasteiger charge is -2.33. The normalized spacial score (nSPS) is 15.2. The van der Waals surface area contributed by atoms with Crippen molar-refractivity contribution < 1.29 is 18.0 Å². The van der Waals surface area contributed by atoms with Gasteiger partial charge in [0.25, 0.3) is 0 Å². The Morgan fingerprint density at radius 1 is 0.971 bits per heavy atom. The summed E-state index contributed by atoms with van der Waals surface area (Å²) in [5.41, 5.74) is 1.24. The molecule has 0 bridgehead atoms. The largest absolute Gasteiger partial charge is 0.352 e. The summed E-state index contributed by atoms with van der Waals surface area (Å²) in [6.45, 7) is 1.47. The van der Waals surface area contributed by atoms with E-state index in [0.717, 1.165) is 39.9 Å². The summed E-state index contributed by atoms with van der Waals surface area (Å²) in [6.07, 6.45) is 4.04. The van der Waals surface area contributed by atoms with E-state index in [1.54, 1.807) is 37.3 Å². The van der Waals surface area contributed by atoms with Crippen molar-refractivity contribution in [2.45, 2.75) is 51.2 Å². The van der Waals surface area contributed by atoms with E-state index in [-0.39, 0.29) is 18.5 Å². The first kappa shape index (κ1) is 25.7. The van der Waals surface area contributed by atoms with Gasteiger partial charge in [0.15, 0.2) is 0 Å². The van der Waals surface area contributed by atoms with Crippen LogP contribution in [0.5, 0.6) is 0 Å². The number of para-hydroxylation sites is 1. The molecule has 0 radical (unpaired) electrons. The average Bonchev–Trinajstić information content (AvgIpc) is 3.34. The minimum absolute atomic E-state index is 0.124. The van der Waals surface area contributed by atoms with Crippen molar-refractivity contribution in [3.8, 4) is 0 Å². The number of nitrogens with zero attached hydrogens (tertiary/aromatic N) is 3. The highest BCUT2D eigenvalue weighted by Crippen LogP contribution is 2.21. The van der Waals surface area contributed by atoms with Gasteiger partial charge in [0.05, 0.1) is 5.69 Å². The van der Waals surface area contributed by atoms with E-state index >= 15 is 0 Å². The van der Waals surface area contributed by atoms with E-state index in [9.17, 15) is 18.0 Å². The lowest BCUT2D eigenvalue weighted by molar-refractivity contribution is -0.139. The maximum absolute atomic E-state index is 13.6. The number of nitrogens with one attached hydrogen (secondary N) is 1. The molecule has 9 heteroatoms. The Bertz CT molecular complexity index is 1050. The van der Waals surface area contributed by atoms with Crippen molar-refractivity contribution in [1.82, 2.24) is 14.5 Å². The van der Waals surface area contributed by atoms with Gasteiger partial charge in [0.1, 0.15) is 12.6 Å². The van der Waals surface area contributed by atoms with Crippen LogP contribution in [-0.2, 0) is 26.3 Å². The van der Waals surface area contributed by atoms with Gasteiger partial charge < -0.3 is 10.2 Å². The predicted octanol–water partition coefficient (Wildman–Crippen LogP) is 2.78. The van der Waals surface area contributed by atoms with Crippen molar-refractivity contribution in [3.63, 3.8) is 0 Å². The third-order valence-corrected chi connectivity index (χ3v) is 7.95. The molecule has 34 heavy (non-hydrogen) atoms. The molecule has 1 aliphatic carbocycles. The van der Waals surface area contributed by atoms with Crippen LogP contribution in [0.15, 0.2) is 60.7 Å². The Morgan fingerprint density at radius 3 is 2.09 bits per heavy atom. The molecular weight excluding hydrogens is 452 g/mol. The van der Waals surface area contributed by atoms with Crippen LogP contribution >= 0.6 is 0 Å². The van der Waals surface area contributed by atoms with Gasteiger partial charge in [-0.1, -0.05) is 61.4 Å². The maximum Gasteiger partial charge on any atom is 0.304 e. The zero-order valence-corrected chi connectivity index (χ0v) is 20.9. The zero-order valence-electron chi connectivity index (χ0n) is 20.1. The molecule has 0 aliphatic heterocycles. The van der Waals surface area contributed by atoms with E-state index in [4.69, 9.17) is 0 Å². The number of benzene rings is 2. The molecule has 0 heterocycles. The smallest absolute Gasteiger partial charge is 0.304 e. The van der Waals surface area contributed by atoms with Crippen LogP contribution in [0.1, 0.15) is 38.2 Å². The van der Waals surface area contributed by atoms with Crippen LogP contribution < -0.4 is 9.62 Å². The molecule has 2 amide bonds. The van der Waals surface area contributed by atoms with E-state index in [1.165, 1.54) is 19.0 Å². The van der Waals surface area contributed by atoms with Crippen molar-refractivity contribution in [3.05, 3.63) is 66.2 Å². The third kappa shape index (κ3) is 6.36. The average molecular weight is 487 g/mol. The van der Waals surface area contributed by atoms with Gasteiger partial charge in [-0.05, 0) is 37.5 Å². The van der Waals surface area contributed by atoms with E-state index in [2.05, 4.69) is 5.32 Å². The molecule has 0 saturated heterocycles. The van der Waals surface area contributed by atoms with E-state index in [0.29, 0.717) is 5.69 Å². The van der Waals surface area contributed by atoms with E-state index in [1.807, 2.05) is 30.3 Å². The molecule has 1 aliphatic rings. The number of amides is 2. The number of hydrogen-bond acceptors (Lipinski definition) is 4. The van der Waals surface area contributed by atoms with Crippen LogP contribution in [0.4, 0.5) is 5.69 Å². The van der Waals surface area contributed by atoms with Gasteiger partial charge >= 0.3 is 10.2 Å². The molecular formula is C25H34N4O4S. The lowest BCUT2D eigenvalue weighted by Crippen LogP contribution is -2.53. The standard InChI is InChI=1S/C25H34N4O4S/c1-20(25(31)26-22-14-10-11-15-22)28(18-21-12-6-4-7-13-21)24(30)19-29(34(32,33)27(2)3)23-16-8-5-9-17-23/h4-9,12-13,16-17,20,22H,10-11,14-15,18-19H2,1-3H3,(H,26,31)/t20-/m1/s1. The summed E-state index contributed by atoms with van der Waals surface area (Å²) in [7, 11) is -1.09. The highest BCUT2D eigenvalue weighted by Gasteiger charge is 2.33. The molecule has 2 aromatic rings. The fourth-order valence-corrected chi connectivity index (χ4v) is 5.12. The number of carbonyl (C=O) groups excluding carboxylic acids is 2. The summed E-state index contributed by atoms with van der Waals surface area (Å²) < 4.78 is 28.3. The van der Waals surface area contributed by atoms with E-state index < -0.39 is 28.7 Å². The monoisotopic (exact) mass is 486 g/mol. The second-order valence-corrected chi connectivity index (χ2v) is 10.9. The Kier molecular flexibility index (Phi) is 8.68. The first-order valence-corrected chi connectivity index (χ1v) is 13.0. The fourth-order valence-electron chi connectivity index (χ4n) is 4.07. The lowest BCUT2D eigenvalue weighted by atomic mass is 10.1. The summed E-state index contributed by atoms with van der Waals surface area (Å²) in [5, 5.41) is 3.06. The summed E-state index contributed by atoms with van der Waals surface area (Å²) in [4.78, 5) is 28.1. The van der Waals surface area contributed by atoms with Crippen molar-refractivity contribution >= 4 is 27.7 Å². The molecule has 1 saturated carbocycles. The Labute approximate surface area is 202 Å². The van der Waals surface area contributed by atoms with Crippen molar-refractivity contribution in [2.24, 2.45) is 0 Å². The van der Waals surface area contributed by atoms with Crippen LogP contribution in [0.3, 0.4) is 0 Å². The first-order valence-electron chi connectivity index (χ1n) is 11.6. The summed E-state index contributed by atoms with van der Waals surface area (Å²) >= 11 is 0. The Morgan fingerprint density at radius 2 is 1.53 bits per heavy atom. The Hall–Kier alpha value is -2.91. The summed E-state index contributed by atoms with van der Waals surface area (Å²) in [6, 6.07) is 17.3. The molecule has 0 spiro atoms. The van der Waals surface area contributed by atoms with Crippen molar-refractivity contribution in [2.75, 3.05) is 24.9 Å².